The third-order valence-corrected chi connectivity index (χ3v) is 2.21. The van der Waals surface area contributed by atoms with Gasteiger partial charge in [0.15, 0.2) is 6.29 Å². The van der Waals surface area contributed by atoms with Gasteiger partial charge in [0.25, 0.3) is 0 Å². The highest BCUT2D eigenvalue weighted by atomic mass is 16.1. The Bertz CT molecular complexity index is 347. The van der Waals surface area contributed by atoms with Crippen LogP contribution in [0.4, 0.5) is 5.82 Å². The van der Waals surface area contributed by atoms with Gasteiger partial charge in [-0.1, -0.05) is 13.8 Å². The van der Waals surface area contributed by atoms with Crippen LogP contribution in [0.1, 0.15) is 29.8 Å². The van der Waals surface area contributed by atoms with Gasteiger partial charge in [-0.05, 0) is 24.5 Å². The molecule has 1 rings (SSSR count). The van der Waals surface area contributed by atoms with E-state index in [4.69, 9.17) is 0 Å². The van der Waals surface area contributed by atoms with E-state index in [0.29, 0.717) is 11.5 Å². The van der Waals surface area contributed by atoms with Gasteiger partial charge in [0, 0.05) is 25.4 Å². The summed E-state index contributed by atoms with van der Waals surface area (Å²) in [5.74, 6) is 1.55. The van der Waals surface area contributed by atoms with E-state index in [0.717, 1.165) is 24.2 Å². The Hall–Kier alpha value is -1.38. The Balaban J connectivity index is 2.90. The fourth-order valence-electron chi connectivity index (χ4n) is 1.69. The predicted molar refractivity (Wildman–Crippen MR) is 62.5 cm³/mol. The lowest BCUT2D eigenvalue weighted by Gasteiger charge is -2.22. The third kappa shape index (κ3) is 3.05. The van der Waals surface area contributed by atoms with Gasteiger partial charge in [0.2, 0.25) is 0 Å². The standard InChI is InChI=1S/C12H18N2O/c1-9(2)7-14(4)12-10(3)5-11(8-15)6-13-12/h5-6,8-9H,7H2,1-4H3. The minimum absolute atomic E-state index is 0.599. The van der Waals surface area contributed by atoms with Gasteiger partial charge < -0.3 is 4.90 Å². The van der Waals surface area contributed by atoms with E-state index in [1.54, 1.807) is 6.20 Å². The summed E-state index contributed by atoms with van der Waals surface area (Å²) in [6, 6.07) is 1.87. The lowest BCUT2D eigenvalue weighted by atomic mass is 10.2. The van der Waals surface area contributed by atoms with Crippen LogP contribution < -0.4 is 4.90 Å². The van der Waals surface area contributed by atoms with Gasteiger partial charge in [-0.2, -0.15) is 0 Å². The van der Waals surface area contributed by atoms with Crippen molar-refractivity contribution in [3.8, 4) is 0 Å². The van der Waals surface area contributed by atoms with Crippen LogP contribution in [-0.2, 0) is 0 Å². The lowest BCUT2D eigenvalue weighted by Crippen LogP contribution is -2.24. The molecular weight excluding hydrogens is 188 g/mol. The van der Waals surface area contributed by atoms with Crippen LogP contribution in [-0.4, -0.2) is 24.9 Å². The minimum Gasteiger partial charge on any atom is -0.359 e. The second-order valence-corrected chi connectivity index (χ2v) is 4.30. The Morgan fingerprint density at radius 3 is 2.67 bits per heavy atom. The van der Waals surface area contributed by atoms with Crippen molar-refractivity contribution < 1.29 is 4.79 Å². The zero-order valence-electron chi connectivity index (χ0n) is 9.82. The number of anilines is 1. The molecule has 3 nitrogen and oxygen atoms in total. The molecule has 0 aliphatic rings. The highest BCUT2D eigenvalue weighted by Crippen LogP contribution is 2.16. The van der Waals surface area contributed by atoms with E-state index in [1.807, 2.05) is 20.0 Å². The minimum atomic E-state index is 0.599. The smallest absolute Gasteiger partial charge is 0.151 e. The molecule has 0 saturated carbocycles. The van der Waals surface area contributed by atoms with E-state index in [1.165, 1.54) is 0 Å². The zero-order valence-corrected chi connectivity index (χ0v) is 9.82. The Morgan fingerprint density at radius 2 is 2.20 bits per heavy atom. The summed E-state index contributed by atoms with van der Waals surface area (Å²) in [6.07, 6.45) is 2.44. The second kappa shape index (κ2) is 4.91. The van der Waals surface area contributed by atoms with Gasteiger partial charge >= 0.3 is 0 Å². The van der Waals surface area contributed by atoms with Crippen LogP contribution in [0.15, 0.2) is 12.3 Å². The highest BCUT2D eigenvalue weighted by Gasteiger charge is 2.08. The highest BCUT2D eigenvalue weighted by molar-refractivity contribution is 5.75. The normalized spacial score (nSPS) is 10.5. The van der Waals surface area contributed by atoms with Gasteiger partial charge in [-0.25, -0.2) is 4.98 Å². The fraction of sp³-hybridized carbons (Fsp3) is 0.500. The molecule has 0 aliphatic heterocycles. The average Bonchev–Trinajstić information content (AvgIpc) is 2.16. The lowest BCUT2D eigenvalue weighted by molar-refractivity contribution is 0.112. The number of hydrogen-bond donors (Lipinski definition) is 0. The number of rotatable bonds is 4. The molecule has 0 N–H and O–H groups in total. The molecule has 1 aromatic rings. The number of aromatic nitrogens is 1. The summed E-state index contributed by atoms with van der Waals surface area (Å²) in [5.41, 5.74) is 1.68. The van der Waals surface area contributed by atoms with E-state index < -0.39 is 0 Å². The first-order valence-corrected chi connectivity index (χ1v) is 5.17. The monoisotopic (exact) mass is 206 g/mol. The van der Waals surface area contributed by atoms with Gasteiger partial charge in [-0.3, -0.25) is 4.79 Å². The molecule has 1 heterocycles. The summed E-state index contributed by atoms with van der Waals surface area (Å²) in [4.78, 5) is 17.0. The molecule has 0 amide bonds. The van der Waals surface area contributed by atoms with Crippen molar-refractivity contribution in [3.63, 3.8) is 0 Å². The van der Waals surface area contributed by atoms with Crippen LogP contribution in [0.25, 0.3) is 0 Å². The molecule has 3 heteroatoms. The zero-order chi connectivity index (χ0) is 11.4. The predicted octanol–water partition coefficient (Wildman–Crippen LogP) is 2.29. The average molecular weight is 206 g/mol. The van der Waals surface area contributed by atoms with Crippen LogP contribution in [0.2, 0.25) is 0 Å². The van der Waals surface area contributed by atoms with E-state index in [-0.39, 0.29) is 0 Å². The summed E-state index contributed by atoms with van der Waals surface area (Å²) < 4.78 is 0. The van der Waals surface area contributed by atoms with E-state index in [2.05, 4.69) is 23.7 Å². The summed E-state index contributed by atoms with van der Waals surface area (Å²) >= 11 is 0. The van der Waals surface area contributed by atoms with Crippen molar-refractivity contribution >= 4 is 12.1 Å². The summed E-state index contributed by atoms with van der Waals surface area (Å²) in [5, 5.41) is 0. The molecule has 0 radical (unpaired) electrons. The molecule has 15 heavy (non-hydrogen) atoms. The second-order valence-electron chi connectivity index (χ2n) is 4.30. The molecule has 0 atom stereocenters. The number of aldehydes is 1. The summed E-state index contributed by atoms with van der Waals surface area (Å²) in [6.45, 7) is 7.29. The van der Waals surface area contributed by atoms with Crippen molar-refractivity contribution in [2.45, 2.75) is 20.8 Å². The first-order valence-electron chi connectivity index (χ1n) is 5.17. The van der Waals surface area contributed by atoms with Gasteiger partial charge in [-0.15, -0.1) is 0 Å². The Labute approximate surface area is 91.1 Å². The van der Waals surface area contributed by atoms with E-state index >= 15 is 0 Å². The quantitative estimate of drug-likeness (QED) is 0.709. The number of pyridine rings is 1. The first kappa shape index (κ1) is 11.7. The fourth-order valence-corrected chi connectivity index (χ4v) is 1.69. The van der Waals surface area contributed by atoms with Crippen molar-refractivity contribution in [1.82, 2.24) is 4.98 Å². The molecule has 0 bridgehead atoms. The SMILES string of the molecule is Cc1cc(C=O)cnc1N(C)CC(C)C. The van der Waals surface area contributed by atoms with E-state index in [9.17, 15) is 4.79 Å². The number of carbonyl (C=O) groups is 1. The van der Waals surface area contributed by atoms with Crippen LogP contribution >= 0.6 is 0 Å². The Kier molecular flexibility index (Phi) is 3.83. The van der Waals surface area contributed by atoms with Crippen LogP contribution in [0, 0.1) is 12.8 Å². The molecular formula is C12H18N2O. The molecule has 0 spiro atoms. The van der Waals surface area contributed by atoms with Crippen molar-refractivity contribution in [2.75, 3.05) is 18.5 Å². The number of carbonyl (C=O) groups excluding carboxylic acids is 1. The largest absolute Gasteiger partial charge is 0.359 e. The Morgan fingerprint density at radius 1 is 1.53 bits per heavy atom. The summed E-state index contributed by atoms with van der Waals surface area (Å²) in [7, 11) is 2.02. The molecule has 82 valence electrons. The van der Waals surface area contributed by atoms with Crippen molar-refractivity contribution in [3.05, 3.63) is 23.4 Å². The maximum Gasteiger partial charge on any atom is 0.151 e. The molecule has 0 aliphatic carbocycles. The molecule has 0 saturated heterocycles. The van der Waals surface area contributed by atoms with Crippen LogP contribution in [0.5, 0.6) is 0 Å². The van der Waals surface area contributed by atoms with Crippen molar-refractivity contribution in [1.29, 1.82) is 0 Å². The topological polar surface area (TPSA) is 33.2 Å². The van der Waals surface area contributed by atoms with Gasteiger partial charge in [0.05, 0.1) is 0 Å². The molecule has 0 fully saturated rings. The van der Waals surface area contributed by atoms with Crippen LogP contribution in [0.3, 0.4) is 0 Å². The molecule has 0 unspecified atom stereocenters. The first-order chi connectivity index (χ1) is 7.04. The maximum atomic E-state index is 10.6. The number of nitrogens with zero attached hydrogens (tertiary/aromatic N) is 2. The maximum absolute atomic E-state index is 10.6. The molecule has 0 aromatic carbocycles. The third-order valence-electron chi connectivity index (χ3n) is 2.21. The van der Waals surface area contributed by atoms with Gasteiger partial charge in [0.1, 0.15) is 5.82 Å². The van der Waals surface area contributed by atoms with Crippen molar-refractivity contribution in [2.24, 2.45) is 5.92 Å². The number of aryl methyl sites for hydroxylation is 1. The number of hydrogen-bond acceptors (Lipinski definition) is 3. The molecule has 1 aromatic heterocycles.